The van der Waals surface area contributed by atoms with Crippen molar-refractivity contribution < 1.29 is 23.4 Å². The van der Waals surface area contributed by atoms with Crippen LogP contribution in [0.25, 0.3) is 10.9 Å². The fourth-order valence-corrected chi connectivity index (χ4v) is 3.51. The second-order valence-electron chi connectivity index (χ2n) is 7.68. The molecule has 1 heterocycles. The van der Waals surface area contributed by atoms with E-state index in [9.17, 15) is 13.6 Å². The molecular formula is C22H26F2N4O3. The van der Waals surface area contributed by atoms with E-state index >= 15 is 0 Å². The fourth-order valence-electron chi connectivity index (χ4n) is 3.51. The van der Waals surface area contributed by atoms with E-state index in [1.165, 1.54) is 18.2 Å². The summed E-state index contributed by atoms with van der Waals surface area (Å²) in [5, 5.41) is 19.5. The number of H-pyrrole nitrogens is 1. The van der Waals surface area contributed by atoms with E-state index in [4.69, 9.17) is 9.84 Å². The lowest BCUT2D eigenvalue weighted by atomic mass is 10.0. The van der Waals surface area contributed by atoms with Crippen molar-refractivity contribution in [3.05, 3.63) is 58.8 Å². The molecule has 0 aliphatic rings. The van der Waals surface area contributed by atoms with E-state index in [-0.39, 0.29) is 11.5 Å². The smallest absolute Gasteiger partial charge is 0.295 e. The number of aliphatic hydroxyl groups is 1. The molecule has 7 nitrogen and oxygen atoms in total. The molecule has 0 spiro atoms. The molecule has 0 aliphatic carbocycles. The van der Waals surface area contributed by atoms with Gasteiger partial charge in [-0.1, -0.05) is 18.2 Å². The molecule has 0 saturated carbocycles. The van der Waals surface area contributed by atoms with Crippen molar-refractivity contribution in [1.82, 2.24) is 20.4 Å². The zero-order chi connectivity index (χ0) is 22.8. The van der Waals surface area contributed by atoms with Crippen LogP contribution in [0.2, 0.25) is 0 Å². The normalized spacial score (nSPS) is 12.9. The quantitative estimate of drug-likeness (QED) is 0.509. The van der Waals surface area contributed by atoms with Gasteiger partial charge in [0, 0.05) is 23.9 Å². The zero-order valence-corrected chi connectivity index (χ0v) is 17.9. The first-order valence-electron chi connectivity index (χ1n) is 9.76. The number of aliphatic hydroxyl groups excluding tert-OH is 1. The molecule has 3 rings (SSSR count). The third kappa shape index (κ3) is 4.67. The number of nitrogens with zero attached hydrogens (tertiary/aromatic N) is 2. The van der Waals surface area contributed by atoms with Gasteiger partial charge in [-0.3, -0.25) is 9.89 Å². The summed E-state index contributed by atoms with van der Waals surface area (Å²) >= 11 is 0. The van der Waals surface area contributed by atoms with Crippen LogP contribution in [-0.4, -0.2) is 53.9 Å². The molecule has 1 atom stereocenters. The van der Waals surface area contributed by atoms with Gasteiger partial charge in [0.05, 0.1) is 24.1 Å². The number of halogens is 2. The Bertz CT molecular complexity index is 1080. The Morgan fingerprint density at radius 3 is 2.74 bits per heavy atom. The minimum atomic E-state index is -3.35. The van der Waals surface area contributed by atoms with Crippen LogP contribution >= 0.6 is 0 Å². The number of rotatable bonds is 8. The van der Waals surface area contributed by atoms with Gasteiger partial charge in [0.15, 0.2) is 0 Å². The number of fused-ring (bicyclic) bond motifs is 1. The van der Waals surface area contributed by atoms with E-state index in [2.05, 4.69) is 15.5 Å². The van der Waals surface area contributed by atoms with E-state index in [1.807, 2.05) is 19.0 Å². The SMILES string of the molecule is COc1c(CN(C)C)cc(C(=O)NC(C)c2cccc(C(F)(F)CO)c2)c2n[nH]cc12. The van der Waals surface area contributed by atoms with E-state index in [0.29, 0.717) is 34.3 Å². The van der Waals surface area contributed by atoms with Crippen molar-refractivity contribution >= 4 is 16.8 Å². The standard InChI is InChI=1S/C22H26F2N4O3/c1-13(14-6-5-7-16(8-14)22(23,24)12-29)26-21(30)17-9-15(11-28(2)3)20(31-4)18-10-25-27-19(17)18/h5-10,13,29H,11-12H2,1-4H3,(H,25,27)(H,26,30). The number of nitrogens with one attached hydrogen (secondary N) is 2. The van der Waals surface area contributed by atoms with Crippen LogP contribution in [0.1, 0.15) is 40.0 Å². The van der Waals surface area contributed by atoms with E-state index in [1.54, 1.807) is 32.4 Å². The van der Waals surface area contributed by atoms with Gasteiger partial charge in [0.2, 0.25) is 0 Å². The van der Waals surface area contributed by atoms with Gasteiger partial charge >= 0.3 is 0 Å². The number of carbonyl (C=O) groups excluding carboxylic acids is 1. The Labute approximate surface area is 179 Å². The Balaban J connectivity index is 1.93. The summed E-state index contributed by atoms with van der Waals surface area (Å²) in [5.74, 6) is -3.09. The second-order valence-corrected chi connectivity index (χ2v) is 7.68. The van der Waals surface area contributed by atoms with Crippen molar-refractivity contribution in [3.63, 3.8) is 0 Å². The first kappa shape index (κ1) is 22.6. The largest absolute Gasteiger partial charge is 0.496 e. The lowest BCUT2D eigenvalue weighted by Crippen LogP contribution is -2.28. The summed E-state index contributed by atoms with van der Waals surface area (Å²) in [6.45, 7) is 0.980. The number of methoxy groups -OCH3 is 1. The Kier molecular flexibility index (Phi) is 6.56. The first-order valence-corrected chi connectivity index (χ1v) is 9.76. The van der Waals surface area contributed by atoms with Crippen LogP contribution in [0.3, 0.4) is 0 Å². The van der Waals surface area contributed by atoms with E-state index < -0.39 is 18.6 Å². The van der Waals surface area contributed by atoms with Gasteiger partial charge in [-0.05, 0) is 38.7 Å². The van der Waals surface area contributed by atoms with Crippen molar-refractivity contribution in [2.45, 2.75) is 25.4 Å². The van der Waals surface area contributed by atoms with Gasteiger partial charge in [0.1, 0.15) is 17.9 Å². The fraction of sp³-hybridized carbons (Fsp3) is 0.364. The number of carbonyl (C=O) groups is 1. The molecule has 3 N–H and O–H groups in total. The molecule has 0 radical (unpaired) electrons. The molecule has 9 heteroatoms. The molecule has 0 fully saturated rings. The molecule has 3 aromatic rings. The molecule has 166 valence electrons. The Hall–Kier alpha value is -3.04. The molecule has 2 aromatic carbocycles. The van der Waals surface area contributed by atoms with Crippen molar-refractivity contribution in [2.24, 2.45) is 0 Å². The number of alkyl halides is 2. The molecule has 31 heavy (non-hydrogen) atoms. The monoisotopic (exact) mass is 432 g/mol. The molecule has 0 aliphatic heterocycles. The third-order valence-corrected chi connectivity index (χ3v) is 5.04. The number of hydrogen-bond donors (Lipinski definition) is 3. The summed E-state index contributed by atoms with van der Waals surface area (Å²) in [7, 11) is 5.39. The molecular weight excluding hydrogens is 406 g/mol. The molecule has 1 aromatic heterocycles. The average molecular weight is 432 g/mol. The summed E-state index contributed by atoms with van der Waals surface area (Å²) in [4.78, 5) is 15.1. The maximum atomic E-state index is 13.9. The maximum absolute atomic E-state index is 13.9. The highest BCUT2D eigenvalue weighted by Gasteiger charge is 2.31. The maximum Gasteiger partial charge on any atom is 0.295 e. The van der Waals surface area contributed by atoms with Gasteiger partial charge in [-0.2, -0.15) is 13.9 Å². The highest BCUT2D eigenvalue weighted by atomic mass is 19.3. The summed E-state index contributed by atoms with van der Waals surface area (Å²) in [6, 6.07) is 6.86. The number of hydrogen-bond acceptors (Lipinski definition) is 5. The van der Waals surface area contributed by atoms with Crippen LogP contribution in [0, 0.1) is 0 Å². The lowest BCUT2D eigenvalue weighted by Gasteiger charge is -2.19. The topological polar surface area (TPSA) is 90.5 Å². The van der Waals surface area contributed by atoms with Crippen LogP contribution in [-0.2, 0) is 12.5 Å². The number of amides is 1. The van der Waals surface area contributed by atoms with E-state index in [0.717, 1.165) is 5.56 Å². The Morgan fingerprint density at radius 2 is 2.10 bits per heavy atom. The zero-order valence-electron chi connectivity index (χ0n) is 17.9. The number of ether oxygens (including phenoxy) is 1. The van der Waals surface area contributed by atoms with Crippen molar-refractivity contribution in [1.29, 1.82) is 0 Å². The first-order chi connectivity index (χ1) is 14.7. The van der Waals surface area contributed by atoms with Gasteiger partial charge in [0.25, 0.3) is 11.8 Å². The summed E-state index contributed by atoms with van der Waals surface area (Å²) in [5.41, 5.74) is 1.84. The minimum Gasteiger partial charge on any atom is -0.496 e. The molecule has 1 unspecified atom stereocenters. The lowest BCUT2D eigenvalue weighted by molar-refractivity contribution is -0.0556. The highest BCUT2D eigenvalue weighted by Crippen LogP contribution is 2.33. The number of aromatic nitrogens is 2. The Morgan fingerprint density at radius 1 is 1.35 bits per heavy atom. The van der Waals surface area contributed by atoms with Crippen molar-refractivity contribution in [3.8, 4) is 5.75 Å². The number of aromatic amines is 1. The molecule has 0 saturated heterocycles. The summed E-state index contributed by atoms with van der Waals surface area (Å²) in [6.07, 6.45) is 1.67. The number of benzene rings is 2. The van der Waals surface area contributed by atoms with Crippen molar-refractivity contribution in [2.75, 3.05) is 27.8 Å². The highest BCUT2D eigenvalue weighted by molar-refractivity contribution is 6.07. The van der Waals surface area contributed by atoms with Crippen LogP contribution in [0.5, 0.6) is 5.75 Å². The van der Waals surface area contributed by atoms with Crippen LogP contribution in [0.4, 0.5) is 8.78 Å². The second kappa shape index (κ2) is 8.99. The summed E-state index contributed by atoms with van der Waals surface area (Å²) < 4.78 is 33.2. The van der Waals surface area contributed by atoms with Gasteiger partial charge in [-0.25, -0.2) is 0 Å². The van der Waals surface area contributed by atoms with Gasteiger partial charge < -0.3 is 20.1 Å². The minimum absolute atomic E-state index is 0.305. The third-order valence-electron chi connectivity index (χ3n) is 5.04. The predicted octanol–water partition coefficient (Wildman–Crippen LogP) is 3.21. The predicted molar refractivity (Wildman–Crippen MR) is 113 cm³/mol. The van der Waals surface area contributed by atoms with Gasteiger partial charge in [-0.15, -0.1) is 0 Å². The average Bonchev–Trinajstić information content (AvgIpc) is 3.22. The molecule has 0 bridgehead atoms. The van der Waals surface area contributed by atoms with Crippen LogP contribution in [0.15, 0.2) is 36.5 Å². The molecule has 1 amide bonds. The van der Waals surface area contributed by atoms with Crippen LogP contribution < -0.4 is 10.1 Å².